The van der Waals surface area contributed by atoms with Gasteiger partial charge in [0, 0.05) is 42.9 Å². The maximum Gasteiger partial charge on any atom is 0.0459 e. The summed E-state index contributed by atoms with van der Waals surface area (Å²) in [5, 5.41) is 0.854. The molecule has 2 N–H and O–H groups in total. The predicted octanol–water partition coefficient (Wildman–Crippen LogP) is 2.13. The van der Waals surface area contributed by atoms with Crippen LogP contribution in [0.3, 0.4) is 0 Å². The van der Waals surface area contributed by atoms with Crippen molar-refractivity contribution in [3.63, 3.8) is 0 Å². The van der Waals surface area contributed by atoms with Crippen LogP contribution in [0.25, 0.3) is 0 Å². The van der Waals surface area contributed by atoms with Crippen molar-refractivity contribution >= 4 is 17.3 Å². The van der Waals surface area contributed by atoms with E-state index >= 15 is 0 Å². The summed E-state index contributed by atoms with van der Waals surface area (Å²) in [6, 6.07) is 7.08. The molecule has 2 fully saturated rings. The van der Waals surface area contributed by atoms with Gasteiger partial charge in [-0.1, -0.05) is 17.7 Å². The predicted molar refractivity (Wildman–Crippen MR) is 81.0 cm³/mol. The lowest BCUT2D eigenvalue weighted by Gasteiger charge is -2.37. The van der Waals surface area contributed by atoms with Gasteiger partial charge >= 0.3 is 0 Å². The van der Waals surface area contributed by atoms with E-state index in [1.54, 1.807) is 0 Å². The van der Waals surface area contributed by atoms with Gasteiger partial charge in [-0.05, 0) is 43.5 Å². The monoisotopic (exact) mass is 279 g/mol. The number of hydrogen-bond donors (Lipinski definition) is 1. The summed E-state index contributed by atoms with van der Waals surface area (Å²) < 4.78 is 0. The van der Waals surface area contributed by atoms with Crippen LogP contribution in [0.2, 0.25) is 5.02 Å². The van der Waals surface area contributed by atoms with Crippen LogP contribution in [0.1, 0.15) is 18.4 Å². The van der Waals surface area contributed by atoms with Crippen LogP contribution in [-0.2, 0) is 6.42 Å². The molecule has 0 amide bonds. The summed E-state index contributed by atoms with van der Waals surface area (Å²) in [5.74, 6) is 0. The van der Waals surface area contributed by atoms with Gasteiger partial charge in [-0.3, -0.25) is 4.90 Å². The molecule has 3 rings (SSSR count). The average molecular weight is 280 g/mol. The lowest BCUT2D eigenvalue weighted by molar-refractivity contribution is 0.248. The largest absolute Gasteiger partial charge is 0.369 e. The number of nitrogens with two attached hydrogens (primary N) is 1. The summed E-state index contributed by atoms with van der Waals surface area (Å²) in [7, 11) is 0. The molecule has 3 nitrogen and oxygen atoms in total. The molecule has 2 aliphatic rings. The summed E-state index contributed by atoms with van der Waals surface area (Å²) in [6.45, 7) is 5.22. The van der Waals surface area contributed by atoms with E-state index < -0.39 is 0 Å². The third-order valence-corrected chi connectivity index (χ3v) is 4.56. The minimum absolute atomic E-state index is 0.652. The number of nitrogens with zero attached hydrogens (tertiary/aromatic N) is 2. The standard InChI is InChI=1S/C15H22ClN3/c16-14-2-1-3-15(13(14)6-7-17)19-10-8-18(9-11-19)12-4-5-12/h1-3,12H,4-11,17H2. The van der Waals surface area contributed by atoms with Gasteiger partial charge in [-0.2, -0.15) is 0 Å². The fraction of sp³-hybridized carbons (Fsp3) is 0.600. The molecule has 19 heavy (non-hydrogen) atoms. The van der Waals surface area contributed by atoms with Crippen LogP contribution < -0.4 is 10.6 Å². The van der Waals surface area contributed by atoms with Gasteiger partial charge in [0.25, 0.3) is 0 Å². The van der Waals surface area contributed by atoms with Gasteiger partial charge in [-0.25, -0.2) is 0 Å². The molecule has 0 unspecified atom stereocenters. The van der Waals surface area contributed by atoms with E-state index in [1.165, 1.54) is 37.2 Å². The molecule has 0 aromatic heterocycles. The molecule has 1 heterocycles. The molecule has 0 atom stereocenters. The van der Waals surface area contributed by atoms with Crippen molar-refractivity contribution in [3.05, 3.63) is 28.8 Å². The zero-order chi connectivity index (χ0) is 13.2. The Labute approximate surface area is 120 Å². The van der Waals surface area contributed by atoms with Gasteiger partial charge in [0.1, 0.15) is 0 Å². The van der Waals surface area contributed by atoms with Gasteiger partial charge in [0.15, 0.2) is 0 Å². The fourth-order valence-corrected chi connectivity index (χ4v) is 3.27. The highest BCUT2D eigenvalue weighted by molar-refractivity contribution is 6.31. The number of halogens is 1. The van der Waals surface area contributed by atoms with E-state index in [1.807, 2.05) is 12.1 Å². The van der Waals surface area contributed by atoms with Crippen molar-refractivity contribution in [1.82, 2.24) is 4.90 Å². The molecule has 1 saturated heterocycles. The zero-order valence-corrected chi connectivity index (χ0v) is 12.1. The van der Waals surface area contributed by atoms with E-state index in [2.05, 4.69) is 15.9 Å². The molecule has 0 bridgehead atoms. The van der Waals surface area contributed by atoms with Crippen LogP contribution in [0.5, 0.6) is 0 Å². The molecule has 104 valence electrons. The van der Waals surface area contributed by atoms with E-state index in [0.29, 0.717) is 6.54 Å². The van der Waals surface area contributed by atoms with Gasteiger partial charge in [-0.15, -0.1) is 0 Å². The van der Waals surface area contributed by atoms with E-state index in [4.69, 9.17) is 17.3 Å². The topological polar surface area (TPSA) is 32.5 Å². The second-order valence-corrected chi connectivity index (χ2v) is 5.94. The lowest BCUT2D eigenvalue weighted by atomic mass is 10.1. The first-order valence-corrected chi connectivity index (χ1v) is 7.64. The van der Waals surface area contributed by atoms with Gasteiger partial charge in [0.05, 0.1) is 0 Å². The Balaban J connectivity index is 1.73. The van der Waals surface area contributed by atoms with Gasteiger partial charge in [0.2, 0.25) is 0 Å². The molecule has 1 saturated carbocycles. The second kappa shape index (κ2) is 5.70. The van der Waals surface area contributed by atoms with E-state index in [0.717, 1.165) is 30.6 Å². The number of rotatable bonds is 4. The third kappa shape index (κ3) is 2.88. The molecule has 1 aliphatic carbocycles. The maximum atomic E-state index is 6.32. The van der Waals surface area contributed by atoms with Crippen LogP contribution >= 0.6 is 11.6 Å². The highest BCUT2D eigenvalue weighted by atomic mass is 35.5. The maximum absolute atomic E-state index is 6.32. The fourth-order valence-electron chi connectivity index (χ4n) is 3.00. The SMILES string of the molecule is NCCc1c(Cl)cccc1N1CCN(C2CC2)CC1. The minimum atomic E-state index is 0.652. The first-order chi connectivity index (χ1) is 9.29. The first kappa shape index (κ1) is 13.2. The normalized spacial score (nSPS) is 20.8. The molecule has 4 heteroatoms. The molecule has 1 aromatic carbocycles. The third-order valence-electron chi connectivity index (χ3n) is 4.21. The van der Waals surface area contributed by atoms with Crippen LogP contribution in [0.4, 0.5) is 5.69 Å². The number of hydrogen-bond acceptors (Lipinski definition) is 3. The summed E-state index contributed by atoms with van der Waals surface area (Å²) >= 11 is 6.32. The first-order valence-electron chi connectivity index (χ1n) is 7.26. The number of benzene rings is 1. The molecule has 1 aliphatic heterocycles. The second-order valence-electron chi connectivity index (χ2n) is 5.53. The van der Waals surface area contributed by atoms with Crippen molar-refractivity contribution in [1.29, 1.82) is 0 Å². The molecule has 0 radical (unpaired) electrons. The lowest BCUT2D eigenvalue weighted by Crippen LogP contribution is -2.47. The minimum Gasteiger partial charge on any atom is -0.369 e. The van der Waals surface area contributed by atoms with Crippen molar-refractivity contribution < 1.29 is 0 Å². The van der Waals surface area contributed by atoms with E-state index in [9.17, 15) is 0 Å². The highest BCUT2D eigenvalue weighted by Gasteiger charge is 2.31. The number of anilines is 1. The van der Waals surface area contributed by atoms with Crippen molar-refractivity contribution in [3.8, 4) is 0 Å². The van der Waals surface area contributed by atoms with Gasteiger partial charge < -0.3 is 10.6 Å². The summed E-state index contributed by atoms with van der Waals surface area (Å²) in [6.07, 6.45) is 3.66. The van der Waals surface area contributed by atoms with Crippen molar-refractivity contribution in [2.45, 2.75) is 25.3 Å². The smallest absolute Gasteiger partial charge is 0.0459 e. The Morgan fingerprint density at radius 3 is 2.53 bits per heavy atom. The Hall–Kier alpha value is -0.770. The molecule has 0 spiro atoms. The van der Waals surface area contributed by atoms with Crippen LogP contribution in [-0.4, -0.2) is 43.7 Å². The summed E-state index contributed by atoms with van der Waals surface area (Å²) in [5.41, 5.74) is 8.21. The number of piperazine rings is 1. The molecular formula is C15H22ClN3. The van der Waals surface area contributed by atoms with Crippen molar-refractivity contribution in [2.75, 3.05) is 37.6 Å². The van der Waals surface area contributed by atoms with Crippen molar-refractivity contribution in [2.24, 2.45) is 5.73 Å². The zero-order valence-electron chi connectivity index (χ0n) is 11.3. The molecule has 1 aromatic rings. The Morgan fingerprint density at radius 2 is 1.89 bits per heavy atom. The summed E-state index contributed by atoms with van der Waals surface area (Å²) in [4.78, 5) is 5.10. The van der Waals surface area contributed by atoms with Crippen LogP contribution in [0, 0.1) is 0 Å². The van der Waals surface area contributed by atoms with E-state index in [-0.39, 0.29) is 0 Å². The molecular weight excluding hydrogens is 258 g/mol. The van der Waals surface area contributed by atoms with Crippen LogP contribution in [0.15, 0.2) is 18.2 Å². The Bertz CT molecular complexity index is 437. The highest BCUT2D eigenvalue weighted by Crippen LogP contribution is 2.31. The average Bonchev–Trinajstić information content (AvgIpc) is 3.26. The Morgan fingerprint density at radius 1 is 1.16 bits per heavy atom. The Kier molecular flexibility index (Phi) is 3.96. The quantitative estimate of drug-likeness (QED) is 0.916.